The molecular weight excluding hydrogens is 262 g/mol. The van der Waals surface area contributed by atoms with E-state index in [1.807, 2.05) is 6.92 Å². The van der Waals surface area contributed by atoms with Crippen molar-refractivity contribution in [3.63, 3.8) is 0 Å². The van der Waals surface area contributed by atoms with Crippen molar-refractivity contribution in [1.29, 1.82) is 0 Å². The molecular formula is C18H29NO2. The lowest BCUT2D eigenvalue weighted by Crippen LogP contribution is -2.41. The van der Waals surface area contributed by atoms with Crippen molar-refractivity contribution < 1.29 is 9.53 Å². The largest absolute Gasteiger partial charge is 0.458 e. The van der Waals surface area contributed by atoms with Gasteiger partial charge in [0.15, 0.2) is 0 Å². The Hall–Kier alpha value is -1.35. The van der Waals surface area contributed by atoms with E-state index in [0.29, 0.717) is 11.6 Å². The zero-order valence-electron chi connectivity index (χ0n) is 13.5. The maximum Gasteiger partial charge on any atom is 0.338 e. The first kappa shape index (κ1) is 17.7. The standard InChI is InChI=1S/C18H29NO2/c1-5-11-16(6-2)18(20)21-15(4)14-19(7-3)17-12-9-8-10-13-17/h5-6,11,15,17H,1-2,7-10,12-14H2,3-4H3/b16-11+. The van der Waals surface area contributed by atoms with Gasteiger partial charge in [0.25, 0.3) is 0 Å². The number of ether oxygens (including phenoxy) is 1. The van der Waals surface area contributed by atoms with Crippen molar-refractivity contribution in [2.45, 2.75) is 58.1 Å². The molecule has 1 rings (SSSR count). The summed E-state index contributed by atoms with van der Waals surface area (Å²) in [6.45, 7) is 13.2. The van der Waals surface area contributed by atoms with Crippen molar-refractivity contribution in [3.05, 3.63) is 37.0 Å². The van der Waals surface area contributed by atoms with Gasteiger partial charge in [-0.15, -0.1) is 0 Å². The summed E-state index contributed by atoms with van der Waals surface area (Å²) >= 11 is 0. The Bertz CT molecular complexity index is 381. The van der Waals surface area contributed by atoms with E-state index in [1.54, 1.807) is 12.2 Å². The molecule has 3 heteroatoms. The molecule has 0 radical (unpaired) electrons. The number of carbonyl (C=O) groups is 1. The molecule has 0 N–H and O–H groups in total. The van der Waals surface area contributed by atoms with E-state index in [0.717, 1.165) is 13.1 Å². The number of likely N-dealkylation sites (N-methyl/N-ethyl adjacent to an activating group) is 1. The van der Waals surface area contributed by atoms with Gasteiger partial charge < -0.3 is 4.74 Å². The number of rotatable bonds is 8. The molecule has 0 amide bonds. The number of hydrogen-bond donors (Lipinski definition) is 0. The molecule has 3 nitrogen and oxygen atoms in total. The maximum atomic E-state index is 12.0. The lowest BCUT2D eigenvalue weighted by Gasteiger charge is -2.35. The fourth-order valence-corrected chi connectivity index (χ4v) is 2.95. The Balaban J connectivity index is 2.51. The van der Waals surface area contributed by atoms with Crippen LogP contribution in [0.2, 0.25) is 0 Å². The number of hydrogen-bond acceptors (Lipinski definition) is 3. The van der Waals surface area contributed by atoms with Crippen molar-refractivity contribution >= 4 is 5.97 Å². The van der Waals surface area contributed by atoms with Crippen LogP contribution in [0, 0.1) is 0 Å². The summed E-state index contributed by atoms with van der Waals surface area (Å²) in [6.07, 6.45) is 11.1. The SMILES string of the molecule is C=C/C=C(\C=C)C(=O)OC(C)CN(CC)C1CCCCC1. The van der Waals surface area contributed by atoms with Gasteiger partial charge in [-0.2, -0.15) is 0 Å². The molecule has 0 heterocycles. The zero-order chi connectivity index (χ0) is 15.7. The molecule has 1 aliphatic rings. The average molecular weight is 291 g/mol. The smallest absolute Gasteiger partial charge is 0.338 e. The van der Waals surface area contributed by atoms with Gasteiger partial charge >= 0.3 is 5.97 Å². The summed E-state index contributed by atoms with van der Waals surface area (Å²) in [5, 5.41) is 0. The van der Waals surface area contributed by atoms with Crippen LogP contribution >= 0.6 is 0 Å². The first-order valence-corrected chi connectivity index (χ1v) is 8.02. The summed E-state index contributed by atoms with van der Waals surface area (Å²) in [7, 11) is 0. The number of carbonyl (C=O) groups excluding carboxylic acids is 1. The van der Waals surface area contributed by atoms with Gasteiger partial charge in [0.2, 0.25) is 0 Å². The highest BCUT2D eigenvalue weighted by Crippen LogP contribution is 2.22. The normalized spacial score (nSPS) is 18.3. The molecule has 21 heavy (non-hydrogen) atoms. The zero-order valence-corrected chi connectivity index (χ0v) is 13.5. The average Bonchev–Trinajstić information content (AvgIpc) is 2.50. The first-order valence-electron chi connectivity index (χ1n) is 8.02. The molecule has 0 aliphatic heterocycles. The molecule has 1 atom stereocenters. The molecule has 1 unspecified atom stereocenters. The van der Waals surface area contributed by atoms with Crippen LogP contribution in [0.3, 0.4) is 0 Å². The van der Waals surface area contributed by atoms with Crippen molar-refractivity contribution in [1.82, 2.24) is 4.90 Å². The van der Waals surface area contributed by atoms with Gasteiger partial charge in [-0.25, -0.2) is 4.79 Å². The second-order valence-electron chi connectivity index (χ2n) is 5.66. The fraction of sp³-hybridized carbons (Fsp3) is 0.611. The van der Waals surface area contributed by atoms with E-state index in [2.05, 4.69) is 25.0 Å². The summed E-state index contributed by atoms with van der Waals surface area (Å²) in [6, 6.07) is 0.646. The topological polar surface area (TPSA) is 29.5 Å². The first-order chi connectivity index (χ1) is 10.1. The van der Waals surface area contributed by atoms with Crippen LogP contribution < -0.4 is 0 Å². The van der Waals surface area contributed by atoms with E-state index in [9.17, 15) is 4.79 Å². The van der Waals surface area contributed by atoms with Crippen molar-refractivity contribution in [2.24, 2.45) is 0 Å². The summed E-state index contributed by atoms with van der Waals surface area (Å²) in [5.41, 5.74) is 0.456. The van der Waals surface area contributed by atoms with Crippen LogP contribution in [0.4, 0.5) is 0 Å². The van der Waals surface area contributed by atoms with Crippen molar-refractivity contribution in [3.8, 4) is 0 Å². The van der Waals surface area contributed by atoms with Crippen LogP contribution in [0.15, 0.2) is 37.0 Å². The van der Waals surface area contributed by atoms with Gasteiger partial charge in [-0.1, -0.05) is 51.5 Å². The van der Waals surface area contributed by atoms with Crippen molar-refractivity contribution in [2.75, 3.05) is 13.1 Å². The summed E-state index contributed by atoms with van der Waals surface area (Å²) in [5.74, 6) is -0.322. The lowest BCUT2D eigenvalue weighted by molar-refractivity contribution is -0.144. The monoisotopic (exact) mass is 291 g/mol. The molecule has 118 valence electrons. The predicted molar refractivity (Wildman–Crippen MR) is 88.2 cm³/mol. The number of nitrogens with zero attached hydrogens (tertiary/aromatic N) is 1. The Kier molecular flexibility index (Phi) is 8.06. The molecule has 1 fully saturated rings. The molecule has 0 spiro atoms. The van der Waals surface area contributed by atoms with Crippen LogP contribution in [0.5, 0.6) is 0 Å². The predicted octanol–water partition coefficient (Wildman–Crippen LogP) is 3.87. The Morgan fingerprint density at radius 1 is 1.33 bits per heavy atom. The molecule has 0 aromatic heterocycles. The minimum atomic E-state index is -0.322. The summed E-state index contributed by atoms with van der Waals surface area (Å²) in [4.78, 5) is 14.4. The van der Waals surface area contributed by atoms with E-state index < -0.39 is 0 Å². The van der Waals surface area contributed by atoms with Crippen LogP contribution in [0.1, 0.15) is 46.0 Å². The number of allylic oxidation sites excluding steroid dienone is 2. The van der Waals surface area contributed by atoms with Crippen LogP contribution in [0.25, 0.3) is 0 Å². The van der Waals surface area contributed by atoms with Gasteiger partial charge in [0, 0.05) is 12.6 Å². The highest BCUT2D eigenvalue weighted by molar-refractivity contribution is 5.91. The molecule has 1 aliphatic carbocycles. The van der Waals surface area contributed by atoms with Gasteiger partial charge in [0.05, 0.1) is 5.57 Å². The molecule has 0 aromatic rings. The Morgan fingerprint density at radius 3 is 2.52 bits per heavy atom. The minimum absolute atomic E-state index is 0.118. The van der Waals surface area contributed by atoms with Gasteiger partial charge in [-0.3, -0.25) is 4.90 Å². The highest BCUT2D eigenvalue weighted by atomic mass is 16.5. The minimum Gasteiger partial charge on any atom is -0.458 e. The maximum absolute atomic E-state index is 12.0. The van der Waals surface area contributed by atoms with E-state index in [4.69, 9.17) is 4.74 Å². The van der Waals surface area contributed by atoms with Gasteiger partial charge in [-0.05, 0) is 32.4 Å². The molecule has 0 saturated heterocycles. The number of esters is 1. The van der Waals surface area contributed by atoms with E-state index in [1.165, 1.54) is 38.2 Å². The van der Waals surface area contributed by atoms with Crippen LogP contribution in [-0.4, -0.2) is 36.1 Å². The third-order valence-electron chi connectivity index (χ3n) is 4.05. The Morgan fingerprint density at radius 2 is 2.00 bits per heavy atom. The third kappa shape index (κ3) is 5.88. The third-order valence-corrected chi connectivity index (χ3v) is 4.05. The fourth-order valence-electron chi connectivity index (χ4n) is 2.95. The van der Waals surface area contributed by atoms with Gasteiger partial charge in [0.1, 0.15) is 6.10 Å². The van der Waals surface area contributed by atoms with E-state index in [-0.39, 0.29) is 12.1 Å². The molecule has 0 aromatic carbocycles. The second kappa shape index (κ2) is 9.56. The van der Waals surface area contributed by atoms with E-state index >= 15 is 0 Å². The lowest BCUT2D eigenvalue weighted by atomic mass is 9.94. The molecule has 0 bridgehead atoms. The second-order valence-corrected chi connectivity index (χ2v) is 5.66. The molecule has 1 saturated carbocycles. The van der Waals surface area contributed by atoms with Crippen LogP contribution in [-0.2, 0) is 9.53 Å². The Labute approximate surface area is 129 Å². The highest BCUT2D eigenvalue weighted by Gasteiger charge is 2.22. The quantitative estimate of drug-likeness (QED) is 0.386. The summed E-state index contributed by atoms with van der Waals surface area (Å²) < 4.78 is 5.51.